The molecule has 4 rings (SSSR count). The Bertz CT molecular complexity index is 1090. The second kappa shape index (κ2) is 9.08. The van der Waals surface area contributed by atoms with E-state index in [1.165, 1.54) is 10.4 Å². The van der Waals surface area contributed by atoms with Gasteiger partial charge in [0.25, 0.3) is 5.56 Å². The summed E-state index contributed by atoms with van der Waals surface area (Å²) in [4.78, 5) is 22.8. The fourth-order valence-corrected chi connectivity index (χ4v) is 5.56. The number of halogens is 1. The largest absolute Gasteiger partial charge is 0.494 e. The average Bonchev–Trinajstić information content (AvgIpc) is 3.05. The number of rotatable bonds is 7. The van der Waals surface area contributed by atoms with E-state index in [9.17, 15) is 4.79 Å². The van der Waals surface area contributed by atoms with Crippen molar-refractivity contribution in [2.45, 2.75) is 45.7 Å². The second-order valence-corrected chi connectivity index (χ2v) is 9.93. The van der Waals surface area contributed by atoms with Crippen molar-refractivity contribution < 1.29 is 4.74 Å². The summed E-state index contributed by atoms with van der Waals surface area (Å²) in [5.41, 5.74) is 1.35. The second-order valence-electron chi connectivity index (χ2n) is 8.41. The Morgan fingerprint density at radius 3 is 2.80 bits per heavy atom. The number of thiophene rings is 1. The van der Waals surface area contributed by atoms with E-state index in [0.717, 1.165) is 47.5 Å². The Morgan fingerprint density at radius 2 is 2.07 bits per heavy atom. The number of benzene rings is 1. The first-order valence-corrected chi connectivity index (χ1v) is 11.7. The van der Waals surface area contributed by atoms with Crippen molar-refractivity contribution in [1.82, 2.24) is 14.5 Å². The van der Waals surface area contributed by atoms with Gasteiger partial charge >= 0.3 is 0 Å². The van der Waals surface area contributed by atoms with Crippen LogP contribution in [0, 0.1) is 5.92 Å². The molecule has 0 amide bonds. The van der Waals surface area contributed by atoms with Crippen molar-refractivity contribution >= 4 is 33.2 Å². The summed E-state index contributed by atoms with van der Waals surface area (Å²) in [5, 5.41) is 1.54. The van der Waals surface area contributed by atoms with E-state index in [1.807, 2.05) is 42.9 Å². The highest BCUT2D eigenvalue weighted by Gasteiger charge is 2.24. The van der Waals surface area contributed by atoms with Gasteiger partial charge in [-0.3, -0.25) is 9.36 Å². The van der Waals surface area contributed by atoms with Crippen LogP contribution in [0.5, 0.6) is 5.75 Å². The van der Waals surface area contributed by atoms with Gasteiger partial charge in [0, 0.05) is 16.4 Å². The van der Waals surface area contributed by atoms with Gasteiger partial charge in [0.05, 0.1) is 18.5 Å². The van der Waals surface area contributed by atoms with Crippen LogP contribution < -0.4 is 10.3 Å². The van der Waals surface area contributed by atoms with E-state index >= 15 is 0 Å². The van der Waals surface area contributed by atoms with Gasteiger partial charge in [-0.05, 0) is 75.5 Å². The minimum absolute atomic E-state index is 0.107. The summed E-state index contributed by atoms with van der Waals surface area (Å²) in [7, 11) is 4.01. The number of nitrogens with zero attached hydrogens (tertiary/aromatic N) is 3. The van der Waals surface area contributed by atoms with Crippen LogP contribution in [0.4, 0.5) is 0 Å². The van der Waals surface area contributed by atoms with Gasteiger partial charge < -0.3 is 9.64 Å². The number of aryl methyl sites for hydroxylation is 1. The molecule has 0 fully saturated rings. The molecule has 1 atom stereocenters. The van der Waals surface area contributed by atoms with Gasteiger partial charge in [0.1, 0.15) is 16.4 Å². The first kappa shape index (κ1) is 21.3. The fraction of sp³-hybridized carbons (Fsp3) is 0.478. The molecule has 2 aromatic heterocycles. The monoisotopic (exact) mass is 445 g/mol. The minimum Gasteiger partial charge on any atom is -0.494 e. The lowest BCUT2D eigenvalue weighted by Gasteiger charge is -2.18. The Hall–Kier alpha value is -1.89. The predicted octanol–water partition coefficient (Wildman–Crippen LogP) is 4.77. The van der Waals surface area contributed by atoms with E-state index in [4.69, 9.17) is 21.3 Å². The fourth-order valence-electron chi connectivity index (χ4n) is 4.04. The molecule has 5 nitrogen and oxygen atoms in total. The number of aromatic nitrogens is 2. The highest BCUT2D eigenvalue weighted by Crippen LogP contribution is 2.35. The van der Waals surface area contributed by atoms with Gasteiger partial charge in [0.2, 0.25) is 0 Å². The summed E-state index contributed by atoms with van der Waals surface area (Å²) in [6, 6.07) is 7.35. The molecule has 0 saturated heterocycles. The summed E-state index contributed by atoms with van der Waals surface area (Å²) in [5.74, 6) is 2.30. The molecular weight excluding hydrogens is 418 g/mol. The first-order chi connectivity index (χ1) is 14.4. The summed E-state index contributed by atoms with van der Waals surface area (Å²) < 4.78 is 7.68. The molecule has 0 radical (unpaired) electrons. The smallest absolute Gasteiger partial charge is 0.262 e. The maximum absolute atomic E-state index is 13.5. The molecule has 7 heteroatoms. The van der Waals surface area contributed by atoms with Crippen LogP contribution in [-0.2, 0) is 25.9 Å². The molecule has 1 unspecified atom stereocenters. The zero-order valence-electron chi connectivity index (χ0n) is 17.8. The molecule has 1 aromatic carbocycles. The molecule has 3 aromatic rings. The summed E-state index contributed by atoms with van der Waals surface area (Å²) in [6.45, 7) is 4.06. The molecule has 160 valence electrons. The molecule has 0 aliphatic heterocycles. The molecule has 0 saturated carbocycles. The zero-order chi connectivity index (χ0) is 21.3. The Morgan fingerprint density at radius 1 is 1.30 bits per heavy atom. The van der Waals surface area contributed by atoms with Crippen LogP contribution in [0.1, 0.15) is 36.0 Å². The Balaban J connectivity index is 1.59. The maximum atomic E-state index is 13.5. The van der Waals surface area contributed by atoms with E-state index in [0.29, 0.717) is 30.6 Å². The highest BCUT2D eigenvalue weighted by molar-refractivity contribution is 7.18. The number of fused-ring (bicyclic) bond motifs is 3. The van der Waals surface area contributed by atoms with Gasteiger partial charge in [-0.2, -0.15) is 0 Å². The van der Waals surface area contributed by atoms with Crippen molar-refractivity contribution in [2.75, 3.05) is 20.7 Å². The molecule has 2 heterocycles. The molecular formula is C23H28ClN3O2S. The topological polar surface area (TPSA) is 47.4 Å². The van der Waals surface area contributed by atoms with Crippen LogP contribution in [-0.4, -0.2) is 35.2 Å². The lowest BCUT2D eigenvalue weighted by Crippen LogP contribution is -2.29. The summed E-state index contributed by atoms with van der Waals surface area (Å²) in [6.07, 6.45) is 3.93. The average molecular weight is 446 g/mol. The predicted molar refractivity (Wildman–Crippen MR) is 124 cm³/mol. The molecule has 1 aliphatic carbocycles. The van der Waals surface area contributed by atoms with E-state index in [1.54, 1.807) is 11.3 Å². The van der Waals surface area contributed by atoms with Crippen molar-refractivity contribution in [2.24, 2.45) is 5.92 Å². The van der Waals surface area contributed by atoms with Crippen molar-refractivity contribution in [3.8, 4) is 5.75 Å². The molecule has 30 heavy (non-hydrogen) atoms. The summed E-state index contributed by atoms with van der Waals surface area (Å²) >= 11 is 7.64. The van der Waals surface area contributed by atoms with E-state index < -0.39 is 0 Å². The third-order valence-corrected chi connectivity index (χ3v) is 6.96. The number of hydrogen-bond donors (Lipinski definition) is 0. The van der Waals surface area contributed by atoms with Gasteiger partial charge in [-0.1, -0.05) is 18.5 Å². The molecule has 0 spiro atoms. The van der Waals surface area contributed by atoms with E-state index in [-0.39, 0.29) is 5.56 Å². The Labute approximate surface area is 186 Å². The van der Waals surface area contributed by atoms with Crippen LogP contribution >= 0.6 is 22.9 Å². The molecule has 1 aliphatic rings. The lowest BCUT2D eigenvalue weighted by molar-refractivity contribution is 0.297. The van der Waals surface area contributed by atoms with Crippen LogP contribution in [0.2, 0.25) is 5.02 Å². The van der Waals surface area contributed by atoms with Gasteiger partial charge in [-0.15, -0.1) is 11.3 Å². The molecule has 0 bridgehead atoms. The normalized spacial score (nSPS) is 16.2. The van der Waals surface area contributed by atoms with Crippen molar-refractivity contribution in [1.29, 1.82) is 0 Å². The number of ether oxygens (including phenoxy) is 1. The highest BCUT2D eigenvalue weighted by atomic mass is 35.5. The number of hydrogen-bond acceptors (Lipinski definition) is 5. The minimum atomic E-state index is 0.107. The zero-order valence-corrected chi connectivity index (χ0v) is 19.4. The first-order valence-electron chi connectivity index (χ1n) is 10.5. The lowest BCUT2D eigenvalue weighted by atomic mass is 9.89. The maximum Gasteiger partial charge on any atom is 0.262 e. The standard InChI is InChI=1S/C23H28ClN3O2S/c1-15-5-10-18-19(13-15)30-22-21(18)23(28)27(20(25-22)14-26(2)3)11-4-12-29-17-8-6-16(24)7-9-17/h6-9,15H,4-5,10-14H2,1-3H3. The third kappa shape index (κ3) is 4.56. The quantitative estimate of drug-likeness (QED) is 0.491. The van der Waals surface area contributed by atoms with Gasteiger partial charge in [0.15, 0.2) is 0 Å². The molecule has 0 N–H and O–H groups in total. The van der Waals surface area contributed by atoms with Crippen LogP contribution in [0.25, 0.3) is 10.2 Å². The van der Waals surface area contributed by atoms with Gasteiger partial charge in [-0.25, -0.2) is 4.98 Å². The van der Waals surface area contributed by atoms with Crippen LogP contribution in [0.15, 0.2) is 29.1 Å². The third-order valence-electron chi connectivity index (χ3n) is 5.56. The van der Waals surface area contributed by atoms with Crippen molar-refractivity contribution in [3.63, 3.8) is 0 Å². The van der Waals surface area contributed by atoms with E-state index in [2.05, 4.69) is 11.8 Å². The van der Waals surface area contributed by atoms with Crippen molar-refractivity contribution in [3.05, 3.63) is 55.9 Å². The SMILES string of the molecule is CC1CCc2c(sc3nc(CN(C)C)n(CCCOc4ccc(Cl)cc4)c(=O)c23)C1. The van der Waals surface area contributed by atoms with Crippen LogP contribution in [0.3, 0.4) is 0 Å². The Kier molecular flexibility index (Phi) is 6.46.